The van der Waals surface area contributed by atoms with E-state index in [2.05, 4.69) is 24.8 Å². The number of hydrogen-bond donors (Lipinski definition) is 1. The van der Waals surface area contributed by atoms with Gasteiger partial charge in [0.15, 0.2) is 9.84 Å². The van der Waals surface area contributed by atoms with Gasteiger partial charge in [0.1, 0.15) is 19.6 Å². The van der Waals surface area contributed by atoms with Gasteiger partial charge in [0.05, 0.1) is 42.1 Å². The van der Waals surface area contributed by atoms with Crippen LogP contribution < -0.4 is 9.91 Å². The number of benzene rings is 2. The first-order valence-corrected chi connectivity index (χ1v) is 17.8. The Morgan fingerprint density at radius 2 is 1.60 bits per heavy atom. The summed E-state index contributed by atoms with van der Waals surface area (Å²) in [6.07, 6.45) is 4.00. The van der Waals surface area contributed by atoms with Gasteiger partial charge >= 0.3 is 0 Å². The summed E-state index contributed by atoms with van der Waals surface area (Å²) in [6, 6.07) is 13.6. The predicted octanol–water partition coefficient (Wildman–Crippen LogP) is 4.81. The van der Waals surface area contributed by atoms with Gasteiger partial charge in [0.25, 0.3) is 5.91 Å². The molecule has 0 spiro atoms. The highest BCUT2D eigenvalue weighted by molar-refractivity contribution is 7.91. The molecule has 9 heteroatoms. The number of piperazine rings is 3. The maximum absolute atomic E-state index is 14.2. The van der Waals surface area contributed by atoms with Crippen LogP contribution in [0.2, 0.25) is 0 Å². The lowest BCUT2D eigenvalue weighted by atomic mass is 9.68. The predicted molar refractivity (Wildman–Crippen MR) is 173 cm³/mol. The average molecular weight is 612 g/mol. The van der Waals surface area contributed by atoms with E-state index in [-0.39, 0.29) is 11.7 Å². The Morgan fingerprint density at radius 3 is 2.16 bits per heavy atom. The number of rotatable bonds is 10. The third-order valence-electron chi connectivity index (χ3n) is 10.4. The van der Waals surface area contributed by atoms with Crippen molar-refractivity contribution in [2.75, 3.05) is 69.0 Å². The van der Waals surface area contributed by atoms with E-state index in [1.165, 1.54) is 0 Å². The van der Waals surface area contributed by atoms with E-state index in [0.29, 0.717) is 27.9 Å². The van der Waals surface area contributed by atoms with Gasteiger partial charge in [-0.2, -0.15) is 5.01 Å². The number of quaternary nitrogens is 1. The summed E-state index contributed by atoms with van der Waals surface area (Å²) >= 11 is 0. The number of aliphatic hydroxyl groups excluding tert-OH is 1. The van der Waals surface area contributed by atoms with E-state index < -0.39 is 27.3 Å². The summed E-state index contributed by atoms with van der Waals surface area (Å²) in [7, 11) is 0.216. The SMILES string of the molecule is CCCCC1(CCCC)CS(=O)(=O)c2ccc(N(C)C)cc2C(c2cccc(N(C(C)=O)[N+]34CCN(CC3)CC4)c2)C1O. The molecule has 0 aromatic heterocycles. The fourth-order valence-electron chi connectivity index (χ4n) is 7.92. The second-order valence-corrected chi connectivity index (χ2v) is 15.4. The molecule has 4 aliphatic heterocycles. The maximum atomic E-state index is 14.2. The summed E-state index contributed by atoms with van der Waals surface area (Å²) in [5, 5.41) is 14.6. The van der Waals surface area contributed by atoms with Gasteiger partial charge in [0, 0.05) is 38.0 Å². The van der Waals surface area contributed by atoms with Crippen LogP contribution in [0.3, 0.4) is 0 Å². The summed E-state index contributed by atoms with van der Waals surface area (Å²) in [4.78, 5) is 18.1. The van der Waals surface area contributed by atoms with Crippen molar-refractivity contribution >= 4 is 27.1 Å². The molecule has 6 rings (SSSR count). The van der Waals surface area contributed by atoms with Gasteiger partial charge in [-0.3, -0.25) is 9.69 Å². The minimum Gasteiger partial charge on any atom is -0.392 e. The molecule has 4 aliphatic rings. The van der Waals surface area contributed by atoms with Crippen LogP contribution in [0.15, 0.2) is 47.4 Å². The van der Waals surface area contributed by atoms with E-state index in [1.807, 2.05) is 54.3 Å². The Balaban J connectivity index is 1.70. The molecule has 43 heavy (non-hydrogen) atoms. The maximum Gasteiger partial charge on any atom is 0.269 e. The van der Waals surface area contributed by atoms with Crippen LogP contribution in [0, 0.1) is 5.41 Å². The zero-order chi connectivity index (χ0) is 31.0. The molecule has 8 nitrogen and oxygen atoms in total. The van der Waals surface area contributed by atoms with Crippen molar-refractivity contribution in [1.82, 2.24) is 4.90 Å². The van der Waals surface area contributed by atoms with Gasteiger partial charge in [-0.25, -0.2) is 13.0 Å². The van der Waals surface area contributed by atoms with Gasteiger partial charge in [-0.15, -0.1) is 0 Å². The van der Waals surface area contributed by atoms with Crippen LogP contribution in [0.25, 0.3) is 0 Å². The fraction of sp³-hybridized carbons (Fsp3) is 0.618. The van der Waals surface area contributed by atoms with Crippen molar-refractivity contribution in [3.63, 3.8) is 0 Å². The Kier molecular flexibility index (Phi) is 9.29. The number of carbonyl (C=O) groups is 1. The molecule has 2 unspecified atom stereocenters. The first-order chi connectivity index (χ1) is 20.5. The molecule has 2 bridgehead atoms. The zero-order valence-corrected chi connectivity index (χ0v) is 27.6. The summed E-state index contributed by atoms with van der Waals surface area (Å²) in [5.41, 5.74) is 2.45. The van der Waals surface area contributed by atoms with Crippen LogP contribution >= 0.6 is 0 Å². The zero-order valence-electron chi connectivity index (χ0n) is 26.8. The topological polar surface area (TPSA) is 81.2 Å². The first-order valence-electron chi connectivity index (χ1n) is 16.2. The number of carbonyl (C=O) groups excluding carboxylic acids is 1. The third-order valence-corrected chi connectivity index (χ3v) is 12.3. The highest BCUT2D eigenvalue weighted by atomic mass is 32.2. The quantitative estimate of drug-likeness (QED) is 0.389. The number of fused-ring (bicyclic) bond motifs is 4. The number of amides is 1. The number of aliphatic hydroxyl groups is 1. The molecule has 3 saturated heterocycles. The number of hydrogen-bond acceptors (Lipinski definition) is 6. The lowest BCUT2D eigenvalue weighted by Crippen LogP contribution is -2.74. The van der Waals surface area contributed by atoms with Gasteiger partial charge in [-0.05, 0) is 54.3 Å². The Hall–Kier alpha value is -2.46. The molecule has 2 aromatic carbocycles. The molecule has 236 valence electrons. The van der Waals surface area contributed by atoms with Crippen molar-refractivity contribution in [3.05, 3.63) is 53.6 Å². The third kappa shape index (κ3) is 5.98. The van der Waals surface area contributed by atoms with E-state index in [9.17, 15) is 18.3 Å². The molecule has 0 saturated carbocycles. The van der Waals surface area contributed by atoms with Crippen molar-refractivity contribution in [2.24, 2.45) is 5.41 Å². The molecule has 2 atom stereocenters. The lowest BCUT2D eigenvalue weighted by molar-refractivity contribution is -0.942. The average Bonchev–Trinajstić information content (AvgIpc) is 3.06. The normalized spacial score (nSPS) is 27.3. The molecule has 3 fully saturated rings. The molecule has 0 radical (unpaired) electrons. The standard InChI is InChI=1S/C34H51N4O4S/c1-6-8-15-34(16-9-7-2)25-43(41,42)31-14-13-28(35(4)5)24-30(31)32(33(34)40)27-11-10-12-29(23-27)37(26(3)39)38-20-17-36(18-21-38)19-22-38/h10-14,23-24,32-33,40H,6-9,15-22,25H2,1-5H3/q+1. The summed E-state index contributed by atoms with van der Waals surface area (Å²) in [5.74, 6) is -0.596. The Morgan fingerprint density at radius 1 is 0.977 bits per heavy atom. The van der Waals surface area contributed by atoms with Gasteiger partial charge < -0.3 is 10.0 Å². The van der Waals surface area contributed by atoms with Crippen LogP contribution in [0.1, 0.15) is 76.3 Å². The van der Waals surface area contributed by atoms with Crippen LogP contribution in [0.4, 0.5) is 11.4 Å². The van der Waals surface area contributed by atoms with Gasteiger partial charge in [-0.1, -0.05) is 51.7 Å². The van der Waals surface area contributed by atoms with E-state index in [1.54, 1.807) is 13.0 Å². The summed E-state index contributed by atoms with van der Waals surface area (Å²) in [6.45, 7) is 11.5. The largest absolute Gasteiger partial charge is 0.392 e. The smallest absolute Gasteiger partial charge is 0.269 e. The number of anilines is 2. The second-order valence-electron chi connectivity index (χ2n) is 13.4. The van der Waals surface area contributed by atoms with Crippen LogP contribution in [-0.2, 0) is 14.6 Å². The molecular formula is C34H51N4O4S+. The minimum atomic E-state index is -3.68. The molecule has 1 N–H and O–H groups in total. The number of nitrogens with zero attached hydrogens (tertiary/aromatic N) is 4. The molecular weight excluding hydrogens is 560 g/mol. The highest BCUT2D eigenvalue weighted by Crippen LogP contribution is 2.50. The Bertz CT molecular complexity index is 1400. The van der Waals surface area contributed by atoms with E-state index in [0.717, 1.165) is 81.9 Å². The molecule has 1 amide bonds. The number of unbranched alkanes of at least 4 members (excludes halogenated alkanes) is 2. The second kappa shape index (κ2) is 12.5. The van der Waals surface area contributed by atoms with E-state index >= 15 is 0 Å². The lowest BCUT2D eigenvalue weighted by Gasteiger charge is -2.53. The molecule has 4 heterocycles. The van der Waals surface area contributed by atoms with E-state index in [4.69, 9.17) is 0 Å². The minimum absolute atomic E-state index is 0.00650. The monoisotopic (exact) mass is 611 g/mol. The van der Waals surface area contributed by atoms with Crippen molar-refractivity contribution in [3.8, 4) is 0 Å². The van der Waals surface area contributed by atoms with Crippen molar-refractivity contribution in [1.29, 1.82) is 0 Å². The van der Waals surface area contributed by atoms with Gasteiger partial charge in [0.2, 0.25) is 0 Å². The Labute approximate surface area is 258 Å². The highest BCUT2D eigenvalue weighted by Gasteiger charge is 2.50. The van der Waals surface area contributed by atoms with Crippen molar-refractivity contribution in [2.45, 2.75) is 76.2 Å². The van der Waals surface area contributed by atoms with Crippen LogP contribution in [-0.4, -0.2) is 94.1 Å². The summed E-state index contributed by atoms with van der Waals surface area (Å²) < 4.78 is 29.0. The van der Waals surface area contributed by atoms with Crippen LogP contribution in [0.5, 0.6) is 0 Å². The fourth-order valence-corrected chi connectivity index (χ4v) is 10.1. The van der Waals surface area contributed by atoms with Crippen molar-refractivity contribution < 1.29 is 22.9 Å². The molecule has 2 aromatic rings. The number of sulfone groups is 1. The first kappa shape index (κ1) is 31.9. The molecule has 0 aliphatic carbocycles.